The first-order valence-corrected chi connectivity index (χ1v) is 9.89. The quantitative estimate of drug-likeness (QED) is 0.387. The van der Waals surface area contributed by atoms with Crippen molar-refractivity contribution in [2.45, 2.75) is 19.9 Å². The predicted octanol–water partition coefficient (Wildman–Crippen LogP) is 4.07. The van der Waals surface area contributed by atoms with Gasteiger partial charge in [0.2, 0.25) is 0 Å². The molecule has 0 spiro atoms. The number of aliphatic hydroxyl groups is 1. The number of carbonyl (C=O) groups excluding carboxylic acids is 2. The molecule has 1 saturated heterocycles. The van der Waals surface area contributed by atoms with Gasteiger partial charge in [0.25, 0.3) is 5.78 Å². The molecular weight excluding hydrogens is 392 g/mol. The van der Waals surface area contributed by atoms with Gasteiger partial charge in [-0.05, 0) is 38.1 Å². The number of thiazole rings is 1. The molecule has 2 aromatic heterocycles. The summed E-state index contributed by atoms with van der Waals surface area (Å²) in [5.41, 5.74) is 0.328. The van der Waals surface area contributed by atoms with Gasteiger partial charge in [-0.15, -0.1) is 11.3 Å². The number of amides is 1. The van der Waals surface area contributed by atoms with Crippen molar-refractivity contribution in [1.29, 1.82) is 0 Å². The highest BCUT2D eigenvalue weighted by atomic mass is 32.1. The first-order chi connectivity index (χ1) is 14.0. The third-order valence-electron chi connectivity index (χ3n) is 4.52. The molecule has 148 valence electrons. The maximum Gasteiger partial charge on any atom is 0.302 e. The van der Waals surface area contributed by atoms with E-state index in [9.17, 15) is 14.7 Å². The fourth-order valence-electron chi connectivity index (χ4n) is 3.29. The summed E-state index contributed by atoms with van der Waals surface area (Å²) in [5.74, 6) is -0.290. The van der Waals surface area contributed by atoms with Crippen molar-refractivity contribution in [1.82, 2.24) is 4.98 Å². The Hall–Kier alpha value is -3.39. The number of nitrogens with zero attached hydrogens (tertiary/aromatic N) is 2. The summed E-state index contributed by atoms with van der Waals surface area (Å²) in [7, 11) is 0. The monoisotopic (exact) mass is 410 g/mol. The Balaban J connectivity index is 1.90. The summed E-state index contributed by atoms with van der Waals surface area (Å²) in [6.07, 6.45) is 1.55. The van der Waals surface area contributed by atoms with Crippen molar-refractivity contribution in [2.75, 3.05) is 11.5 Å². The maximum atomic E-state index is 12.9. The van der Waals surface area contributed by atoms with Crippen molar-refractivity contribution in [2.24, 2.45) is 0 Å². The summed E-state index contributed by atoms with van der Waals surface area (Å²) in [6, 6.07) is 9.26. The van der Waals surface area contributed by atoms with E-state index in [0.717, 1.165) is 0 Å². The van der Waals surface area contributed by atoms with Gasteiger partial charge in [-0.25, -0.2) is 4.98 Å². The van der Waals surface area contributed by atoms with Crippen molar-refractivity contribution < 1.29 is 23.8 Å². The SMILES string of the molecule is CCOc1cccc(/C(O)=C2\C(=O)C(=O)N(c3nccs3)C2c2ccc(C)o2)c1. The highest BCUT2D eigenvalue weighted by Crippen LogP contribution is 2.43. The summed E-state index contributed by atoms with van der Waals surface area (Å²) in [5, 5.41) is 13.1. The van der Waals surface area contributed by atoms with E-state index < -0.39 is 17.7 Å². The van der Waals surface area contributed by atoms with E-state index in [4.69, 9.17) is 9.15 Å². The van der Waals surface area contributed by atoms with Crippen LogP contribution in [0.2, 0.25) is 0 Å². The van der Waals surface area contributed by atoms with Crippen LogP contribution in [0.25, 0.3) is 5.76 Å². The topological polar surface area (TPSA) is 92.9 Å². The van der Waals surface area contributed by atoms with Gasteiger partial charge in [0, 0.05) is 17.1 Å². The number of aromatic nitrogens is 1. The van der Waals surface area contributed by atoms with Crippen LogP contribution >= 0.6 is 11.3 Å². The molecule has 1 aliphatic heterocycles. The van der Waals surface area contributed by atoms with Crippen LogP contribution in [0.3, 0.4) is 0 Å². The molecular formula is C21H18N2O5S. The van der Waals surface area contributed by atoms with Gasteiger partial charge in [-0.3, -0.25) is 14.5 Å². The number of furan rings is 1. The Morgan fingerprint density at radius 1 is 1.31 bits per heavy atom. The third kappa shape index (κ3) is 3.31. The zero-order chi connectivity index (χ0) is 20.5. The van der Waals surface area contributed by atoms with Crippen LogP contribution < -0.4 is 9.64 Å². The number of anilines is 1. The van der Waals surface area contributed by atoms with Gasteiger partial charge in [0.1, 0.15) is 29.1 Å². The molecule has 0 radical (unpaired) electrons. The molecule has 1 aliphatic rings. The molecule has 3 heterocycles. The zero-order valence-electron chi connectivity index (χ0n) is 15.8. The number of rotatable bonds is 5. The zero-order valence-corrected chi connectivity index (χ0v) is 16.6. The van der Waals surface area contributed by atoms with Crippen LogP contribution in [-0.4, -0.2) is 28.4 Å². The fourth-order valence-corrected chi connectivity index (χ4v) is 3.96. The van der Waals surface area contributed by atoms with Crippen LogP contribution in [0.5, 0.6) is 5.75 Å². The molecule has 0 saturated carbocycles. The van der Waals surface area contributed by atoms with Gasteiger partial charge in [0.05, 0.1) is 12.2 Å². The minimum absolute atomic E-state index is 0.0480. The van der Waals surface area contributed by atoms with Crippen LogP contribution in [0.15, 0.2) is 58.0 Å². The minimum atomic E-state index is -0.911. The molecule has 29 heavy (non-hydrogen) atoms. The molecule has 8 heteroatoms. The number of Topliss-reactive ketones (excluding diaryl/α,β-unsaturated/α-hetero) is 1. The minimum Gasteiger partial charge on any atom is -0.507 e. The molecule has 1 fully saturated rings. The number of aryl methyl sites for hydroxylation is 1. The molecule has 1 aromatic carbocycles. The molecule has 1 N–H and O–H groups in total. The number of carbonyl (C=O) groups is 2. The molecule has 1 amide bonds. The van der Waals surface area contributed by atoms with E-state index in [-0.39, 0.29) is 11.3 Å². The van der Waals surface area contributed by atoms with E-state index in [1.165, 1.54) is 16.2 Å². The summed E-state index contributed by atoms with van der Waals surface area (Å²) < 4.78 is 11.2. The summed E-state index contributed by atoms with van der Waals surface area (Å²) in [6.45, 7) is 4.08. The molecule has 1 atom stereocenters. The second kappa shape index (κ2) is 7.56. The molecule has 0 bridgehead atoms. The van der Waals surface area contributed by atoms with E-state index in [1.807, 2.05) is 6.92 Å². The van der Waals surface area contributed by atoms with Crippen molar-refractivity contribution in [3.8, 4) is 5.75 Å². The van der Waals surface area contributed by atoms with Crippen LogP contribution in [0.4, 0.5) is 5.13 Å². The molecule has 3 aromatic rings. The van der Waals surface area contributed by atoms with Crippen molar-refractivity contribution in [3.05, 3.63) is 70.6 Å². The fraction of sp³-hybridized carbons (Fsp3) is 0.190. The number of ether oxygens (including phenoxy) is 1. The van der Waals surface area contributed by atoms with Crippen molar-refractivity contribution in [3.63, 3.8) is 0 Å². The molecule has 7 nitrogen and oxygen atoms in total. The lowest BCUT2D eigenvalue weighted by molar-refractivity contribution is -0.132. The Morgan fingerprint density at radius 3 is 2.79 bits per heavy atom. The van der Waals surface area contributed by atoms with Crippen molar-refractivity contribution >= 4 is 33.9 Å². The Morgan fingerprint density at radius 2 is 2.14 bits per heavy atom. The van der Waals surface area contributed by atoms with Gasteiger partial charge < -0.3 is 14.3 Å². The van der Waals surface area contributed by atoms with Crippen LogP contribution in [0.1, 0.15) is 30.0 Å². The first-order valence-electron chi connectivity index (χ1n) is 9.01. The molecule has 1 unspecified atom stereocenters. The smallest absolute Gasteiger partial charge is 0.302 e. The number of aliphatic hydroxyl groups excluding tert-OH is 1. The van der Waals surface area contributed by atoms with E-state index in [2.05, 4.69) is 4.98 Å². The Labute approximate surface area is 170 Å². The molecule has 4 rings (SSSR count). The normalized spacial score (nSPS) is 18.4. The lowest BCUT2D eigenvalue weighted by atomic mass is 9.99. The van der Waals surface area contributed by atoms with E-state index >= 15 is 0 Å². The average molecular weight is 410 g/mol. The third-order valence-corrected chi connectivity index (χ3v) is 5.29. The average Bonchev–Trinajstić information content (AvgIpc) is 3.43. The van der Waals surface area contributed by atoms with Crippen LogP contribution in [0, 0.1) is 6.92 Å². The van der Waals surface area contributed by atoms with E-state index in [1.54, 1.807) is 54.9 Å². The summed E-state index contributed by atoms with van der Waals surface area (Å²) in [4.78, 5) is 31.2. The summed E-state index contributed by atoms with van der Waals surface area (Å²) >= 11 is 1.23. The number of hydrogen-bond acceptors (Lipinski definition) is 7. The van der Waals surface area contributed by atoms with E-state index in [0.29, 0.717) is 34.6 Å². The predicted molar refractivity (Wildman–Crippen MR) is 108 cm³/mol. The maximum absolute atomic E-state index is 12.9. The highest BCUT2D eigenvalue weighted by Gasteiger charge is 2.49. The van der Waals surface area contributed by atoms with Gasteiger partial charge in [-0.1, -0.05) is 12.1 Å². The largest absolute Gasteiger partial charge is 0.507 e. The second-order valence-electron chi connectivity index (χ2n) is 6.39. The first kappa shape index (κ1) is 18.9. The van der Waals surface area contributed by atoms with Gasteiger partial charge in [0.15, 0.2) is 5.13 Å². The Kier molecular flexibility index (Phi) is 4.94. The van der Waals surface area contributed by atoms with Crippen LogP contribution in [-0.2, 0) is 9.59 Å². The van der Waals surface area contributed by atoms with Gasteiger partial charge in [-0.2, -0.15) is 0 Å². The lowest BCUT2D eigenvalue weighted by Gasteiger charge is -2.20. The number of hydrogen-bond donors (Lipinski definition) is 1. The van der Waals surface area contributed by atoms with Gasteiger partial charge >= 0.3 is 5.91 Å². The number of benzene rings is 1. The Bertz CT molecular complexity index is 1100. The highest BCUT2D eigenvalue weighted by molar-refractivity contribution is 7.14. The lowest BCUT2D eigenvalue weighted by Crippen LogP contribution is -2.29. The molecule has 0 aliphatic carbocycles. The standard InChI is InChI=1S/C21H18N2O5S/c1-3-27-14-6-4-5-13(11-14)18(24)16-17(15-8-7-12(2)28-15)23(20(26)19(16)25)21-22-9-10-29-21/h4-11,17,24H,3H2,1-2H3/b18-16+. The number of ketones is 1. The second-order valence-corrected chi connectivity index (χ2v) is 7.27.